The minimum Gasteiger partial charge on any atom is -0.309 e. The van der Waals surface area contributed by atoms with Gasteiger partial charge in [0.2, 0.25) is 0 Å². The molecule has 3 heterocycles. The third-order valence-electron chi connectivity index (χ3n) is 14.5. The summed E-state index contributed by atoms with van der Waals surface area (Å²) in [5, 5.41) is 6.28. The molecule has 0 aliphatic heterocycles. The second kappa shape index (κ2) is 16.7. The van der Waals surface area contributed by atoms with Crippen molar-refractivity contribution in [2.75, 3.05) is 0 Å². The molecule has 0 amide bonds. The Morgan fingerprint density at radius 2 is 0.465 bits per heavy atom. The zero-order chi connectivity index (χ0) is 46.8. The largest absolute Gasteiger partial charge is 0.309 e. The van der Waals surface area contributed by atoms with E-state index in [4.69, 9.17) is 0 Å². The lowest BCUT2D eigenvalue weighted by atomic mass is 9.93. The van der Waals surface area contributed by atoms with Crippen LogP contribution >= 0.6 is 0 Å². The fourth-order valence-electron chi connectivity index (χ4n) is 11.2. The lowest BCUT2D eigenvalue weighted by Crippen LogP contribution is -1.98. The lowest BCUT2D eigenvalue weighted by molar-refractivity contribution is 1.14. The molecular formula is C68H45N3. The van der Waals surface area contributed by atoms with E-state index < -0.39 is 0 Å². The first-order valence-electron chi connectivity index (χ1n) is 24.4. The third-order valence-corrected chi connectivity index (χ3v) is 14.5. The predicted octanol–water partition coefficient (Wildman–Crippen LogP) is 18.2. The summed E-state index contributed by atoms with van der Waals surface area (Å²) in [6, 6.07) is 99.7. The van der Waals surface area contributed by atoms with Crippen molar-refractivity contribution in [2.24, 2.45) is 0 Å². The summed E-state index contributed by atoms with van der Waals surface area (Å²) in [4.78, 5) is 0. The van der Waals surface area contributed by atoms with Gasteiger partial charge in [0.15, 0.2) is 0 Å². The summed E-state index contributed by atoms with van der Waals surface area (Å²) in [5.41, 5.74) is 21.2. The maximum absolute atomic E-state index is 2.44. The van der Waals surface area contributed by atoms with Crippen LogP contribution in [-0.2, 0) is 0 Å². The van der Waals surface area contributed by atoms with Crippen LogP contribution in [0, 0.1) is 0 Å². The molecular weight excluding hydrogens is 859 g/mol. The van der Waals surface area contributed by atoms with Gasteiger partial charge in [-0.2, -0.15) is 0 Å². The van der Waals surface area contributed by atoms with Crippen molar-refractivity contribution in [3.8, 4) is 72.8 Å². The van der Waals surface area contributed by atoms with Crippen LogP contribution in [0.15, 0.2) is 273 Å². The standard InChI is InChI=1S/C68H45N3/c1-3-17-49(18-4-1)67-61-25-11-16-30-66(61)71(68(67)50-19-5-2-6-20-50)56-41-35-48(36-42-56)53-44-51(46-31-37-54(38-32-46)69-62-26-12-7-21-57(62)58-22-8-13-27-63(58)69)43-52(45-53)47-33-39-55(40-34-47)70-64-28-14-9-23-59(64)60-24-10-15-29-65(60)70/h1-45H. The molecule has 0 saturated carbocycles. The Bertz CT molecular complexity index is 4000. The van der Waals surface area contributed by atoms with Crippen LogP contribution in [0.3, 0.4) is 0 Å². The normalized spacial score (nSPS) is 11.7. The number of fused-ring (bicyclic) bond motifs is 7. The number of aromatic nitrogens is 3. The highest BCUT2D eigenvalue weighted by Crippen LogP contribution is 2.44. The van der Waals surface area contributed by atoms with Crippen LogP contribution in [0.5, 0.6) is 0 Å². The lowest BCUT2D eigenvalue weighted by Gasteiger charge is -2.15. The van der Waals surface area contributed by atoms with Gasteiger partial charge in [-0.05, 0) is 129 Å². The molecule has 0 aliphatic carbocycles. The summed E-state index contributed by atoms with van der Waals surface area (Å²) >= 11 is 0. The molecule has 0 spiro atoms. The maximum Gasteiger partial charge on any atom is 0.0619 e. The number of para-hydroxylation sites is 5. The van der Waals surface area contributed by atoms with Gasteiger partial charge in [-0.15, -0.1) is 0 Å². The van der Waals surface area contributed by atoms with E-state index in [1.165, 1.54) is 76.9 Å². The highest BCUT2D eigenvalue weighted by atomic mass is 15.0. The van der Waals surface area contributed by atoms with E-state index in [9.17, 15) is 0 Å². The topological polar surface area (TPSA) is 14.8 Å². The number of hydrogen-bond donors (Lipinski definition) is 0. The van der Waals surface area contributed by atoms with Gasteiger partial charge in [-0.3, -0.25) is 0 Å². The monoisotopic (exact) mass is 903 g/mol. The molecule has 0 unspecified atom stereocenters. The first-order valence-corrected chi connectivity index (χ1v) is 24.4. The molecule has 3 heteroatoms. The fraction of sp³-hybridized carbons (Fsp3) is 0. The van der Waals surface area contributed by atoms with Crippen LogP contribution in [0.4, 0.5) is 0 Å². The van der Waals surface area contributed by atoms with Crippen LogP contribution < -0.4 is 0 Å². The van der Waals surface area contributed by atoms with Gasteiger partial charge in [0, 0.05) is 49.6 Å². The number of benzene rings is 11. The van der Waals surface area contributed by atoms with Crippen LogP contribution in [0.1, 0.15) is 0 Å². The van der Waals surface area contributed by atoms with Crippen molar-refractivity contribution >= 4 is 54.5 Å². The molecule has 0 atom stereocenters. The molecule has 14 rings (SSSR count). The summed E-state index contributed by atoms with van der Waals surface area (Å²) in [7, 11) is 0. The molecule has 0 bridgehead atoms. The Hall–Kier alpha value is -9.44. The second-order valence-corrected chi connectivity index (χ2v) is 18.5. The van der Waals surface area contributed by atoms with Gasteiger partial charge >= 0.3 is 0 Å². The Kier molecular flexibility index (Phi) is 9.53. The van der Waals surface area contributed by atoms with E-state index >= 15 is 0 Å². The Labute approximate surface area is 412 Å². The second-order valence-electron chi connectivity index (χ2n) is 18.5. The van der Waals surface area contributed by atoms with Crippen LogP contribution in [0.25, 0.3) is 127 Å². The molecule has 3 aromatic heterocycles. The Morgan fingerprint density at radius 1 is 0.183 bits per heavy atom. The molecule has 14 aromatic rings. The highest BCUT2D eigenvalue weighted by molar-refractivity contribution is 6.10. The molecule has 332 valence electrons. The molecule has 71 heavy (non-hydrogen) atoms. The van der Waals surface area contributed by atoms with Crippen molar-refractivity contribution in [3.05, 3.63) is 273 Å². The quantitative estimate of drug-likeness (QED) is 0.144. The Balaban J connectivity index is 0.903. The molecule has 0 N–H and O–H groups in total. The van der Waals surface area contributed by atoms with E-state index in [0.29, 0.717) is 0 Å². The van der Waals surface area contributed by atoms with Gasteiger partial charge in [-0.25, -0.2) is 0 Å². The van der Waals surface area contributed by atoms with E-state index in [-0.39, 0.29) is 0 Å². The average Bonchev–Trinajstić information content (AvgIpc) is 4.10. The highest BCUT2D eigenvalue weighted by Gasteiger charge is 2.22. The van der Waals surface area contributed by atoms with E-state index in [2.05, 4.69) is 287 Å². The smallest absolute Gasteiger partial charge is 0.0619 e. The van der Waals surface area contributed by atoms with Gasteiger partial charge in [-0.1, -0.05) is 188 Å². The first kappa shape index (κ1) is 40.6. The zero-order valence-electron chi connectivity index (χ0n) is 38.8. The fourth-order valence-corrected chi connectivity index (χ4v) is 11.2. The van der Waals surface area contributed by atoms with Crippen LogP contribution in [0.2, 0.25) is 0 Å². The third kappa shape index (κ3) is 6.74. The maximum atomic E-state index is 2.44. The van der Waals surface area contributed by atoms with Crippen LogP contribution in [-0.4, -0.2) is 13.7 Å². The van der Waals surface area contributed by atoms with E-state index in [0.717, 1.165) is 50.4 Å². The molecule has 0 aliphatic rings. The average molecular weight is 904 g/mol. The van der Waals surface area contributed by atoms with E-state index in [1.54, 1.807) is 0 Å². The molecule has 0 saturated heterocycles. The number of nitrogens with zero attached hydrogens (tertiary/aromatic N) is 3. The summed E-state index contributed by atoms with van der Waals surface area (Å²) < 4.78 is 7.21. The van der Waals surface area contributed by atoms with Crippen molar-refractivity contribution in [1.29, 1.82) is 0 Å². The summed E-state index contributed by atoms with van der Waals surface area (Å²) in [5.74, 6) is 0. The summed E-state index contributed by atoms with van der Waals surface area (Å²) in [6.07, 6.45) is 0. The molecule has 0 radical (unpaired) electrons. The van der Waals surface area contributed by atoms with E-state index in [1.807, 2.05) is 0 Å². The van der Waals surface area contributed by atoms with Gasteiger partial charge in [0.05, 0.1) is 33.3 Å². The van der Waals surface area contributed by atoms with Crippen molar-refractivity contribution in [2.45, 2.75) is 0 Å². The predicted molar refractivity (Wildman–Crippen MR) is 299 cm³/mol. The first-order chi connectivity index (χ1) is 35.2. The SMILES string of the molecule is c1ccc(-c2c(-c3ccccc3)n(-c3ccc(-c4cc(-c5ccc(-n6c7ccccc7c7ccccc76)cc5)cc(-c5ccc(-n6c7ccccc7c7ccccc76)cc5)c4)cc3)c3ccccc23)cc1. The minimum atomic E-state index is 1.11. The minimum absolute atomic E-state index is 1.11. The van der Waals surface area contributed by atoms with Crippen molar-refractivity contribution in [3.63, 3.8) is 0 Å². The number of rotatable bonds is 8. The van der Waals surface area contributed by atoms with Crippen molar-refractivity contribution < 1.29 is 0 Å². The van der Waals surface area contributed by atoms with Gasteiger partial charge < -0.3 is 13.7 Å². The Morgan fingerprint density at radius 3 is 0.831 bits per heavy atom. The molecule has 3 nitrogen and oxygen atoms in total. The molecule has 0 fully saturated rings. The van der Waals surface area contributed by atoms with Crippen molar-refractivity contribution in [1.82, 2.24) is 13.7 Å². The summed E-state index contributed by atoms with van der Waals surface area (Å²) in [6.45, 7) is 0. The molecule has 11 aromatic carbocycles. The van der Waals surface area contributed by atoms with Gasteiger partial charge in [0.1, 0.15) is 0 Å². The number of hydrogen-bond acceptors (Lipinski definition) is 0. The van der Waals surface area contributed by atoms with Gasteiger partial charge in [0.25, 0.3) is 0 Å². The zero-order valence-corrected chi connectivity index (χ0v) is 38.8.